The molecular formula is C22H19BrN4O. The van der Waals surface area contributed by atoms with Gasteiger partial charge in [0.25, 0.3) is 0 Å². The highest BCUT2D eigenvalue weighted by Gasteiger charge is 2.18. The van der Waals surface area contributed by atoms with Crippen molar-refractivity contribution in [2.75, 3.05) is 5.32 Å². The van der Waals surface area contributed by atoms with Crippen molar-refractivity contribution in [1.82, 2.24) is 15.0 Å². The van der Waals surface area contributed by atoms with Crippen molar-refractivity contribution in [3.05, 3.63) is 83.1 Å². The Labute approximate surface area is 171 Å². The number of nitrogens with zero attached hydrogens (tertiary/aromatic N) is 3. The highest BCUT2D eigenvalue weighted by molar-refractivity contribution is 9.10. The highest BCUT2D eigenvalue weighted by Crippen LogP contribution is 2.27. The first-order valence-corrected chi connectivity index (χ1v) is 9.78. The van der Waals surface area contributed by atoms with E-state index in [0.29, 0.717) is 11.6 Å². The van der Waals surface area contributed by atoms with E-state index in [2.05, 4.69) is 31.2 Å². The fraction of sp³-hybridized carbons (Fsp3) is 0.136. The zero-order valence-electron chi connectivity index (χ0n) is 15.2. The molecule has 2 aromatic carbocycles. The predicted octanol–water partition coefficient (Wildman–Crippen LogP) is 4.99. The van der Waals surface area contributed by atoms with E-state index in [0.717, 1.165) is 26.5 Å². The van der Waals surface area contributed by atoms with E-state index >= 15 is 0 Å². The molecule has 0 saturated heterocycles. The number of pyridine rings is 1. The van der Waals surface area contributed by atoms with Gasteiger partial charge in [0.2, 0.25) is 0 Å². The van der Waals surface area contributed by atoms with Gasteiger partial charge in [0.15, 0.2) is 5.82 Å². The van der Waals surface area contributed by atoms with Gasteiger partial charge < -0.3 is 10.4 Å². The van der Waals surface area contributed by atoms with Crippen molar-refractivity contribution >= 4 is 32.7 Å². The van der Waals surface area contributed by atoms with Crippen LogP contribution in [0.5, 0.6) is 0 Å². The van der Waals surface area contributed by atoms with Crippen LogP contribution in [0.4, 0.5) is 5.82 Å². The molecule has 0 aliphatic rings. The van der Waals surface area contributed by atoms with Crippen LogP contribution in [0, 0.1) is 0 Å². The van der Waals surface area contributed by atoms with Crippen LogP contribution in [0.1, 0.15) is 18.6 Å². The molecular weight excluding hydrogens is 416 g/mol. The largest absolute Gasteiger partial charge is 0.386 e. The molecule has 4 aromatic rings. The molecule has 0 amide bonds. The molecule has 0 radical (unpaired) electrons. The first-order valence-electron chi connectivity index (χ1n) is 8.99. The lowest BCUT2D eigenvalue weighted by atomic mass is 10.0. The van der Waals surface area contributed by atoms with Crippen molar-refractivity contribution in [2.45, 2.75) is 19.1 Å². The Morgan fingerprint density at radius 1 is 0.929 bits per heavy atom. The van der Waals surface area contributed by atoms with Gasteiger partial charge in [0.05, 0.1) is 17.7 Å². The zero-order chi connectivity index (χ0) is 19.5. The van der Waals surface area contributed by atoms with Gasteiger partial charge >= 0.3 is 0 Å². The van der Waals surface area contributed by atoms with Gasteiger partial charge in [-0.2, -0.15) is 0 Å². The van der Waals surface area contributed by atoms with E-state index in [1.807, 2.05) is 67.6 Å². The van der Waals surface area contributed by atoms with Gasteiger partial charge in [-0.05, 0) is 48.9 Å². The monoisotopic (exact) mass is 434 g/mol. The maximum absolute atomic E-state index is 10.8. The number of aromatic nitrogens is 3. The molecule has 0 aliphatic carbocycles. The maximum atomic E-state index is 10.8. The molecule has 6 heteroatoms. The van der Waals surface area contributed by atoms with E-state index in [9.17, 15) is 5.11 Å². The fourth-order valence-corrected chi connectivity index (χ4v) is 3.32. The van der Waals surface area contributed by atoms with Crippen molar-refractivity contribution in [3.8, 4) is 11.4 Å². The van der Waals surface area contributed by atoms with Crippen LogP contribution in [0.3, 0.4) is 0 Å². The second-order valence-electron chi connectivity index (χ2n) is 6.58. The number of hydrogen-bond acceptors (Lipinski definition) is 5. The quantitative estimate of drug-likeness (QED) is 0.462. The number of rotatable bonds is 5. The molecule has 28 heavy (non-hydrogen) atoms. The highest BCUT2D eigenvalue weighted by atomic mass is 79.9. The van der Waals surface area contributed by atoms with Gasteiger partial charge in [-0.25, -0.2) is 9.97 Å². The summed E-state index contributed by atoms with van der Waals surface area (Å²) in [6.45, 7) is 1.94. The fourth-order valence-electron chi connectivity index (χ4n) is 3.06. The number of benzene rings is 2. The van der Waals surface area contributed by atoms with Crippen molar-refractivity contribution in [1.29, 1.82) is 0 Å². The molecule has 0 fully saturated rings. The topological polar surface area (TPSA) is 70.9 Å². The summed E-state index contributed by atoms with van der Waals surface area (Å²) in [5, 5.41) is 15.1. The molecule has 0 saturated carbocycles. The summed E-state index contributed by atoms with van der Waals surface area (Å²) >= 11 is 3.42. The normalized spacial score (nSPS) is 13.2. The molecule has 0 spiro atoms. The van der Waals surface area contributed by atoms with Crippen molar-refractivity contribution in [2.24, 2.45) is 0 Å². The third kappa shape index (κ3) is 3.88. The lowest BCUT2D eigenvalue weighted by Crippen LogP contribution is -2.25. The van der Waals surface area contributed by atoms with Crippen LogP contribution >= 0.6 is 15.9 Å². The van der Waals surface area contributed by atoms with Crippen LogP contribution < -0.4 is 5.32 Å². The first-order chi connectivity index (χ1) is 13.6. The molecule has 4 rings (SSSR count). The Bertz CT molecular complexity index is 1090. The van der Waals surface area contributed by atoms with Crippen LogP contribution in [-0.4, -0.2) is 26.1 Å². The smallest absolute Gasteiger partial charge is 0.162 e. The summed E-state index contributed by atoms with van der Waals surface area (Å²) < 4.78 is 0.979. The van der Waals surface area contributed by atoms with Gasteiger partial charge in [-0.15, -0.1) is 0 Å². The number of nitrogens with one attached hydrogen (secondary N) is 1. The third-order valence-corrected chi connectivity index (χ3v) is 5.12. The second kappa shape index (κ2) is 8.04. The summed E-state index contributed by atoms with van der Waals surface area (Å²) in [6, 6.07) is 19.0. The lowest BCUT2D eigenvalue weighted by molar-refractivity contribution is 0.160. The molecule has 140 valence electrons. The Morgan fingerprint density at radius 3 is 2.39 bits per heavy atom. The molecule has 2 aromatic heterocycles. The summed E-state index contributed by atoms with van der Waals surface area (Å²) in [6.07, 6.45) is 2.77. The minimum Gasteiger partial charge on any atom is -0.386 e. The summed E-state index contributed by atoms with van der Waals surface area (Å²) in [4.78, 5) is 13.5. The van der Waals surface area contributed by atoms with Gasteiger partial charge in [-0.3, -0.25) is 4.98 Å². The van der Waals surface area contributed by atoms with Gasteiger partial charge in [-0.1, -0.05) is 40.2 Å². The van der Waals surface area contributed by atoms with Gasteiger partial charge in [0, 0.05) is 27.8 Å². The van der Waals surface area contributed by atoms with E-state index in [4.69, 9.17) is 4.98 Å². The summed E-state index contributed by atoms with van der Waals surface area (Å²) in [7, 11) is 0. The number of halogens is 1. The molecule has 2 heterocycles. The van der Waals surface area contributed by atoms with E-state index in [1.165, 1.54) is 0 Å². The molecule has 0 aliphatic heterocycles. The Hall–Kier alpha value is -2.83. The standard InChI is InChI=1S/C22H19BrN4O/c1-14(20(28)15-6-8-17(23)9-7-15)25-22-18-4-2-3-5-19(18)26-21(27-22)16-10-12-24-13-11-16/h2-14,20,28H,1H3,(H,25,26,27)/t14-,20-/m0/s1. The number of anilines is 1. The lowest BCUT2D eigenvalue weighted by Gasteiger charge is -2.22. The van der Waals surface area contributed by atoms with E-state index in [-0.39, 0.29) is 6.04 Å². The maximum Gasteiger partial charge on any atom is 0.162 e. The van der Waals surface area contributed by atoms with Gasteiger partial charge in [0.1, 0.15) is 5.82 Å². The molecule has 0 bridgehead atoms. The Balaban J connectivity index is 1.70. The number of hydrogen-bond donors (Lipinski definition) is 2. The average molecular weight is 435 g/mol. The van der Waals surface area contributed by atoms with Crippen molar-refractivity contribution in [3.63, 3.8) is 0 Å². The van der Waals surface area contributed by atoms with Crippen LogP contribution in [0.25, 0.3) is 22.3 Å². The zero-order valence-corrected chi connectivity index (χ0v) is 16.8. The Morgan fingerprint density at radius 2 is 1.64 bits per heavy atom. The minimum absolute atomic E-state index is 0.246. The number of aliphatic hydroxyl groups is 1. The number of para-hydroxylation sites is 1. The number of aliphatic hydroxyl groups excluding tert-OH is 1. The molecule has 5 nitrogen and oxygen atoms in total. The van der Waals surface area contributed by atoms with Crippen LogP contribution in [0.15, 0.2) is 77.5 Å². The average Bonchev–Trinajstić information content (AvgIpc) is 2.74. The number of fused-ring (bicyclic) bond motifs is 1. The van der Waals surface area contributed by atoms with Crippen LogP contribution in [-0.2, 0) is 0 Å². The Kier molecular flexibility index (Phi) is 5.32. The minimum atomic E-state index is -0.675. The molecule has 0 unspecified atom stereocenters. The predicted molar refractivity (Wildman–Crippen MR) is 115 cm³/mol. The third-order valence-electron chi connectivity index (χ3n) is 4.59. The van der Waals surface area contributed by atoms with E-state index < -0.39 is 6.10 Å². The first kappa shape index (κ1) is 18.5. The molecule has 2 N–H and O–H groups in total. The van der Waals surface area contributed by atoms with E-state index in [1.54, 1.807) is 12.4 Å². The molecule has 2 atom stereocenters. The second-order valence-corrected chi connectivity index (χ2v) is 7.49. The van der Waals surface area contributed by atoms with Crippen molar-refractivity contribution < 1.29 is 5.11 Å². The summed E-state index contributed by atoms with van der Waals surface area (Å²) in [5.41, 5.74) is 2.58. The SMILES string of the molecule is C[C@H](Nc1nc(-c2ccncc2)nc2ccccc12)[C@H](O)c1ccc(Br)cc1. The summed E-state index contributed by atoms with van der Waals surface area (Å²) in [5.74, 6) is 1.31. The van der Waals surface area contributed by atoms with Crippen LogP contribution in [0.2, 0.25) is 0 Å².